The predicted molar refractivity (Wildman–Crippen MR) is 87.3 cm³/mol. The standard InChI is InChI=1S/C17H23N3O2/c1-5-9-22-15-8-6-7-14(10-15)18-17(21)11(2)16-12(3)19-20-13(16)4/h6-8,10-11H,5,9H2,1-4H3,(H,18,21)(H,19,20)/t11-/m1/s1. The van der Waals surface area contributed by atoms with E-state index >= 15 is 0 Å². The van der Waals surface area contributed by atoms with E-state index in [0.717, 1.165) is 34.8 Å². The molecule has 0 unspecified atom stereocenters. The second-order valence-electron chi connectivity index (χ2n) is 5.43. The highest BCUT2D eigenvalue weighted by molar-refractivity contribution is 5.96. The zero-order valence-electron chi connectivity index (χ0n) is 13.6. The zero-order valence-corrected chi connectivity index (χ0v) is 13.6. The van der Waals surface area contributed by atoms with E-state index in [9.17, 15) is 4.79 Å². The fourth-order valence-corrected chi connectivity index (χ4v) is 2.46. The van der Waals surface area contributed by atoms with Crippen molar-refractivity contribution in [3.63, 3.8) is 0 Å². The lowest BCUT2D eigenvalue weighted by atomic mass is 9.98. The minimum absolute atomic E-state index is 0.0553. The number of aromatic amines is 1. The highest BCUT2D eigenvalue weighted by Gasteiger charge is 2.21. The molecular weight excluding hydrogens is 278 g/mol. The van der Waals surface area contributed by atoms with E-state index in [2.05, 4.69) is 22.4 Å². The third kappa shape index (κ3) is 3.67. The number of amides is 1. The van der Waals surface area contributed by atoms with E-state index in [4.69, 9.17) is 4.74 Å². The number of aryl methyl sites for hydroxylation is 2. The van der Waals surface area contributed by atoms with E-state index in [-0.39, 0.29) is 11.8 Å². The molecule has 2 aromatic rings. The summed E-state index contributed by atoms with van der Waals surface area (Å²) in [5.74, 6) is 0.446. The Kier molecular flexibility index (Phi) is 5.20. The van der Waals surface area contributed by atoms with Crippen LogP contribution in [0.1, 0.15) is 43.1 Å². The zero-order chi connectivity index (χ0) is 16.1. The van der Waals surface area contributed by atoms with Crippen LogP contribution in [0.3, 0.4) is 0 Å². The molecule has 0 radical (unpaired) electrons. The second kappa shape index (κ2) is 7.11. The van der Waals surface area contributed by atoms with Crippen LogP contribution in [0.25, 0.3) is 0 Å². The van der Waals surface area contributed by atoms with Gasteiger partial charge < -0.3 is 10.1 Å². The van der Waals surface area contributed by atoms with Gasteiger partial charge in [-0.15, -0.1) is 0 Å². The number of rotatable bonds is 6. The van der Waals surface area contributed by atoms with Gasteiger partial charge in [-0.1, -0.05) is 13.0 Å². The molecule has 22 heavy (non-hydrogen) atoms. The molecule has 1 atom stereocenters. The quantitative estimate of drug-likeness (QED) is 0.857. The Morgan fingerprint density at radius 3 is 2.82 bits per heavy atom. The van der Waals surface area contributed by atoms with E-state index in [0.29, 0.717) is 6.61 Å². The normalized spacial score (nSPS) is 12.0. The molecule has 2 rings (SSSR count). The van der Waals surface area contributed by atoms with Crippen molar-refractivity contribution in [3.05, 3.63) is 41.2 Å². The minimum Gasteiger partial charge on any atom is -0.494 e. The number of aromatic nitrogens is 2. The summed E-state index contributed by atoms with van der Waals surface area (Å²) in [7, 11) is 0. The fraction of sp³-hybridized carbons (Fsp3) is 0.412. The SMILES string of the molecule is CCCOc1cccc(NC(=O)[C@H](C)c2c(C)n[nH]c2C)c1. The average molecular weight is 301 g/mol. The van der Waals surface area contributed by atoms with Crippen LogP contribution in [0.4, 0.5) is 5.69 Å². The van der Waals surface area contributed by atoms with Gasteiger partial charge in [0.25, 0.3) is 0 Å². The number of nitrogens with zero attached hydrogens (tertiary/aromatic N) is 1. The van der Waals surface area contributed by atoms with Crippen molar-refractivity contribution in [2.75, 3.05) is 11.9 Å². The Morgan fingerprint density at radius 2 is 2.18 bits per heavy atom. The van der Waals surface area contributed by atoms with E-state index in [1.165, 1.54) is 0 Å². The first-order chi connectivity index (χ1) is 10.5. The van der Waals surface area contributed by atoms with Gasteiger partial charge in [0.05, 0.1) is 18.2 Å². The maximum atomic E-state index is 12.4. The van der Waals surface area contributed by atoms with Crippen LogP contribution >= 0.6 is 0 Å². The van der Waals surface area contributed by atoms with Gasteiger partial charge in [-0.25, -0.2) is 0 Å². The lowest BCUT2D eigenvalue weighted by Crippen LogP contribution is -2.19. The largest absolute Gasteiger partial charge is 0.494 e. The predicted octanol–water partition coefficient (Wildman–Crippen LogP) is 3.56. The maximum Gasteiger partial charge on any atom is 0.231 e. The number of H-pyrrole nitrogens is 1. The van der Waals surface area contributed by atoms with E-state index in [1.807, 2.05) is 45.0 Å². The number of ether oxygens (including phenoxy) is 1. The molecule has 1 aromatic carbocycles. The van der Waals surface area contributed by atoms with Crippen molar-refractivity contribution in [1.29, 1.82) is 0 Å². The Morgan fingerprint density at radius 1 is 1.41 bits per heavy atom. The number of hydrogen-bond donors (Lipinski definition) is 2. The summed E-state index contributed by atoms with van der Waals surface area (Å²) >= 11 is 0. The fourth-order valence-electron chi connectivity index (χ4n) is 2.46. The lowest BCUT2D eigenvalue weighted by Gasteiger charge is -2.13. The van der Waals surface area contributed by atoms with Crippen molar-refractivity contribution in [2.45, 2.75) is 40.0 Å². The number of nitrogens with one attached hydrogen (secondary N) is 2. The molecule has 1 heterocycles. The summed E-state index contributed by atoms with van der Waals surface area (Å²) in [6.45, 7) is 8.45. The first-order valence-corrected chi connectivity index (χ1v) is 7.58. The van der Waals surface area contributed by atoms with Crippen LogP contribution in [-0.4, -0.2) is 22.7 Å². The summed E-state index contributed by atoms with van der Waals surface area (Å²) in [5, 5.41) is 10.0. The van der Waals surface area contributed by atoms with Crippen LogP contribution in [-0.2, 0) is 4.79 Å². The van der Waals surface area contributed by atoms with Gasteiger partial charge in [0.1, 0.15) is 5.75 Å². The van der Waals surface area contributed by atoms with Crippen LogP contribution in [0.15, 0.2) is 24.3 Å². The maximum absolute atomic E-state index is 12.4. The van der Waals surface area contributed by atoms with Crippen molar-refractivity contribution in [3.8, 4) is 5.75 Å². The number of benzene rings is 1. The minimum atomic E-state index is -0.265. The number of carbonyl (C=O) groups is 1. The molecule has 1 amide bonds. The van der Waals surface area contributed by atoms with Crippen LogP contribution in [0, 0.1) is 13.8 Å². The molecule has 118 valence electrons. The third-order valence-corrected chi connectivity index (χ3v) is 3.59. The molecule has 0 saturated heterocycles. The lowest BCUT2D eigenvalue weighted by molar-refractivity contribution is -0.117. The molecule has 2 N–H and O–H groups in total. The van der Waals surface area contributed by atoms with Gasteiger partial charge in [-0.2, -0.15) is 5.10 Å². The number of anilines is 1. The number of carbonyl (C=O) groups excluding carboxylic acids is 1. The van der Waals surface area contributed by atoms with Crippen LogP contribution in [0.5, 0.6) is 5.75 Å². The molecule has 0 spiro atoms. The topological polar surface area (TPSA) is 67.0 Å². The first kappa shape index (κ1) is 16.1. The summed E-state index contributed by atoms with van der Waals surface area (Å²) in [4.78, 5) is 12.4. The first-order valence-electron chi connectivity index (χ1n) is 7.58. The van der Waals surface area contributed by atoms with Gasteiger partial charge in [0, 0.05) is 23.0 Å². The Labute approximate surface area is 131 Å². The Hall–Kier alpha value is -2.30. The van der Waals surface area contributed by atoms with E-state index < -0.39 is 0 Å². The monoisotopic (exact) mass is 301 g/mol. The molecule has 0 saturated carbocycles. The molecule has 0 bridgehead atoms. The van der Waals surface area contributed by atoms with Crippen LogP contribution < -0.4 is 10.1 Å². The van der Waals surface area contributed by atoms with Gasteiger partial charge in [-0.3, -0.25) is 9.89 Å². The Bertz CT molecular complexity index is 630. The average Bonchev–Trinajstić information content (AvgIpc) is 2.84. The van der Waals surface area contributed by atoms with Gasteiger partial charge in [-0.05, 0) is 39.3 Å². The summed E-state index contributed by atoms with van der Waals surface area (Å²) in [5.41, 5.74) is 3.49. The molecule has 0 aliphatic rings. The summed E-state index contributed by atoms with van der Waals surface area (Å²) in [6, 6.07) is 7.46. The summed E-state index contributed by atoms with van der Waals surface area (Å²) < 4.78 is 5.58. The van der Waals surface area contributed by atoms with Gasteiger partial charge >= 0.3 is 0 Å². The summed E-state index contributed by atoms with van der Waals surface area (Å²) in [6.07, 6.45) is 0.951. The smallest absolute Gasteiger partial charge is 0.231 e. The molecule has 0 aliphatic heterocycles. The van der Waals surface area contributed by atoms with Crippen molar-refractivity contribution in [2.24, 2.45) is 0 Å². The Balaban J connectivity index is 2.08. The van der Waals surface area contributed by atoms with Crippen LogP contribution in [0.2, 0.25) is 0 Å². The third-order valence-electron chi connectivity index (χ3n) is 3.59. The molecular formula is C17H23N3O2. The highest BCUT2D eigenvalue weighted by Crippen LogP contribution is 2.24. The van der Waals surface area contributed by atoms with Gasteiger partial charge in [0.15, 0.2) is 0 Å². The molecule has 0 fully saturated rings. The molecule has 5 nitrogen and oxygen atoms in total. The number of hydrogen-bond acceptors (Lipinski definition) is 3. The van der Waals surface area contributed by atoms with E-state index in [1.54, 1.807) is 0 Å². The molecule has 1 aromatic heterocycles. The highest BCUT2D eigenvalue weighted by atomic mass is 16.5. The second-order valence-corrected chi connectivity index (χ2v) is 5.43. The van der Waals surface area contributed by atoms with Crippen molar-refractivity contribution >= 4 is 11.6 Å². The van der Waals surface area contributed by atoms with Gasteiger partial charge in [0.2, 0.25) is 5.91 Å². The molecule has 5 heteroatoms. The molecule has 0 aliphatic carbocycles. The van der Waals surface area contributed by atoms with Crippen molar-refractivity contribution in [1.82, 2.24) is 10.2 Å². The van der Waals surface area contributed by atoms with Crippen molar-refractivity contribution < 1.29 is 9.53 Å².